The molecule has 0 N–H and O–H groups in total. The lowest BCUT2D eigenvalue weighted by molar-refractivity contribution is -0.671. The molecule has 1 fully saturated rings. The molecule has 2 aromatic rings. The summed E-state index contributed by atoms with van der Waals surface area (Å²) in [6.45, 7) is 7.18. The van der Waals surface area contributed by atoms with Crippen molar-refractivity contribution in [3.05, 3.63) is 54.1 Å². The van der Waals surface area contributed by atoms with E-state index in [-0.39, 0.29) is 0 Å². The highest BCUT2D eigenvalue weighted by Crippen LogP contribution is 2.09. The number of aromatic nitrogens is 2. The van der Waals surface area contributed by atoms with Crippen LogP contribution in [0, 0.1) is 0 Å². The summed E-state index contributed by atoms with van der Waals surface area (Å²) < 4.78 is 4.51. The fourth-order valence-corrected chi connectivity index (χ4v) is 3.40. The summed E-state index contributed by atoms with van der Waals surface area (Å²) in [6, 6.07) is 8.91. The van der Waals surface area contributed by atoms with Crippen LogP contribution in [-0.4, -0.2) is 54.1 Å². The summed E-state index contributed by atoms with van der Waals surface area (Å²) in [6.07, 6.45) is 10.0. The van der Waals surface area contributed by atoms with Crippen molar-refractivity contribution in [3.63, 3.8) is 0 Å². The van der Waals surface area contributed by atoms with Gasteiger partial charge in [-0.3, -0.25) is 0 Å². The first-order valence-corrected chi connectivity index (χ1v) is 9.20. The summed E-state index contributed by atoms with van der Waals surface area (Å²) in [5.41, 5.74) is 2.89. The highest BCUT2D eigenvalue weighted by atomic mass is 15.2. The average Bonchev–Trinajstić information content (AvgIpc) is 3.04. The van der Waals surface area contributed by atoms with E-state index in [2.05, 4.69) is 75.9 Å². The molecule has 1 saturated heterocycles. The maximum absolute atomic E-state index is 2.61. The molecule has 0 radical (unpaired) electrons. The number of hydrogen-bond acceptors (Lipinski definition) is 2. The molecule has 0 aromatic carbocycles. The zero-order valence-electron chi connectivity index (χ0n) is 15.2. The highest BCUT2D eigenvalue weighted by molar-refractivity contribution is 5.10. The molecule has 1 aliphatic heterocycles. The monoisotopic (exact) mass is 327 g/mol. The van der Waals surface area contributed by atoms with Crippen LogP contribution in [0.25, 0.3) is 0 Å². The molecule has 2 aromatic heterocycles. The fraction of sp³-hybridized carbons (Fsp3) is 0.550. The zero-order valence-corrected chi connectivity index (χ0v) is 15.2. The number of nitrogens with zero attached hydrogens (tertiary/aromatic N) is 4. The molecule has 3 rings (SSSR count). The number of piperazine rings is 1. The molecule has 0 bridgehead atoms. The smallest absolute Gasteiger partial charge is 0.168 e. The Labute approximate surface area is 146 Å². The molecule has 24 heavy (non-hydrogen) atoms. The van der Waals surface area contributed by atoms with E-state index in [4.69, 9.17) is 0 Å². The second kappa shape index (κ2) is 8.45. The Morgan fingerprint density at radius 1 is 0.958 bits per heavy atom. The Bertz CT molecular complexity index is 609. The first-order chi connectivity index (χ1) is 11.7. The maximum Gasteiger partial charge on any atom is 0.168 e. The standard InChI is InChI=1S/C20H31N4/c1-21-12-7-19(8-13-21)9-14-24-11-4-6-20(24)5-3-10-23-17-15-22(2)16-18-23/h4,6-8,11-13H,3,5,9-10,14-18H2,1-2H3/q+1. The molecular formula is C20H31N4+. The van der Waals surface area contributed by atoms with E-state index in [0.717, 1.165) is 13.0 Å². The lowest BCUT2D eigenvalue weighted by Crippen LogP contribution is -2.44. The predicted octanol–water partition coefficient (Wildman–Crippen LogP) is 1.74. The van der Waals surface area contributed by atoms with Gasteiger partial charge in [0.05, 0.1) is 0 Å². The Morgan fingerprint density at radius 2 is 1.71 bits per heavy atom. The van der Waals surface area contributed by atoms with Crippen molar-refractivity contribution < 1.29 is 4.57 Å². The Kier molecular flexibility index (Phi) is 6.05. The first kappa shape index (κ1) is 17.2. The number of aryl methyl sites for hydroxylation is 4. The summed E-state index contributed by atoms with van der Waals surface area (Å²) in [7, 11) is 4.28. The average molecular weight is 327 g/mol. The minimum absolute atomic E-state index is 1.07. The third-order valence-corrected chi connectivity index (χ3v) is 5.12. The fourth-order valence-electron chi connectivity index (χ4n) is 3.40. The largest absolute Gasteiger partial charge is 0.351 e. The van der Waals surface area contributed by atoms with Crippen LogP contribution in [0.4, 0.5) is 0 Å². The summed E-state index contributed by atoms with van der Waals surface area (Å²) in [4.78, 5) is 5.03. The number of rotatable bonds is 7. The van der Waals surface area contributed by atoms with E-state index in [1.54, 1.807) is 0 Å². The number of likely N-dealkylation sites (N-methyl/N-ethyl adjacent to an activating group) is 1. The van der Waals surface area contributed by atoms with Crippen LogP contribution in [-0.2, 0) is 26.4 Å². The summed E-state index contributed by atoms with van der Waals surface area (Å²) >= 11 is 0. The second-order valence-electron chi connectivity index (χ2n) is 7.06. The van der Waals surface area contributed by atoms with Crippen molar-refractivity contribution in [2.75, 3.05) is 39.8 Å². The zero-order chi connectivity index (χ0) is 16.8. The molecule has 0 atom stereocenters. The Hall–Kier alpha value is -1.65. The van der Waals surface area contributed by atoms with Gasteiger partial charge in [-0.15, -0.1) is 0 Å². The lowest BCUT2D eigenvalue weighted by Gasteiger charge is -2.32. The Balaban J connectivity index is 1.44. The molecule has 0 unspecified atom stereocenters. The predicted molar refractivity (Wildman–Crippen MR) is 98.0 cm³/mol. The van der Waals surface area contributed by atoms with Gasteiger partial charge in [0.25, 0.3) is 0 Å². The molecule has 0 spiro atoms. The van der Waals surface area contributed by atoms with Crippen LogP contribution in [0.15, 0.2) is 42.9 Å². The van der Waals surface area contributed by atoms with E-state index in [1.165, 1.54) is 56.8 Å². The molecular weight excluding hydrogens is 296 g/mol. The number of pyridine rings is 1. The molecule has 4 nitrogen and oxygen atoms in total. The van der Waals surface area contributed by atoms with Gasteiger partial charge >= 0.3 is 0 Å². The molecule has 0 aliphatic carbocycles. The van der Waals surface area contributed by atoms with Crippen molar-refractivity contribution in [3.8, 4) is 0 Å². The molecule has 0 saturated carbocycles. The topological polar surface area (TPSA) is 15.3 Å². The van der Waals surface area contributed by atoms with Crippen molar-refractivity contribution in [1.29, 1.82) is 0 Å². The SMILES string of the molecule is CN1CCN(CCCc2cccn2CCc2cc[n+](C)cc2)CC1. The van der Waals surface area contributed by atoms with Gasteiger partial charge in [-0.2, -0.15) is 0 Å². The van der Waals surface area contributed by atoms with Crippen molar-refractivity contribution >= 4 is 0 Å². The summed E-state index contributed by atoms with van der Waals surface area (Å²) in [5.74, 6) is 0. The molecule has 1 aliphatic rings. The van der Waals surface area contributed by atoms with Crippen LogP contribution in [0.1, 0.15) is 17.7 Å². The van der Waals surface area contributed by atoms with Crippen LogP contribution in [0.3, 0.4) is 0 Å². The van der Waals surface area contributed by atoms with Crippen molar-refractivity contribution in [1.82, 2.24) is 14.4 Å². The van der Waals surface area contributed by atoms with Crippen LogP contribution in [0.2, 0.25) is 0 Å². The van der Waals surface area contributed by atoms with E-state index in [0.29, 0.717) is 0 Å². The third kappa shape index (κ3) is 4.92. The molecule has 4 heteroatoms. The summed E-state index contributed by atoms with van der Waals surface area (Å²) in [5, 5.41) is 0. The quantitative estimate of drug-likeness (QED) is 0.720. The van der Waals surface area contributed by atoms with Crippen molar-refractivity contribution in [2.45, 2.75) is 25.8 Å². The van der Waals surface area contributed by atoms with Gasteiger partial charge in [0, 0.05) is 56.7 Å². The molecule has 3 heterocycles. The molecule has 130 valence electrons. The van der Waals surface area contributed by atoms with Gasteiger partial charge in [-0.05, 0) is 50.6 Å². The van der Waals surface area contributed by atoms with Gasteiger partial charge in [0.1, 0.15) is 7.05 Å². The van der Waals surface area contributed by atoms with E-state index in [1.807, 2.05) is 0 Å². The lowest BCUT2D eigenvalue weighted by atomic mass is 10.2. The molecule has 0 amide bonds. The minimum atomic E-state index is 1.07. The third-order valence-electron chi connectivity index (χ3n) is 5.12. The van der Waals surface area contributed by atoms with E-state index < -0.39 is 0 Å². The maximum atomic E-state index is 2.61. The second-order valence-corrected chi connectivity index (χ2v) is 7.06. The van der Waals surface area contributed by atoms with Gasteiger partial charge in [-0.1, -0.05) is 0 Å². The minimum Gasteiger partial charge on any atom is -0.351 e. The Morgan fingerprint density at radius 3 is 2.46 bits per heavy atom. The normalized spacial score (nSPS) is 16.6. The van der Waals surface area contributed by atoms with E-state index >= 15 is 0 Å². The number of hydrogen-bond donors (Lipinski definition) is 0. The van der Waals surface area contributed by atoms with Gasteiger partial charge in [-0.25, -0.2) is 4.57 Å². The van der Waals surface area contributed by atoms with Crippen LogP contribution >= 0.6 is 0 Å². The van der Waals surface area contributed by atoms with Crippen molar-refractivity contribution in [2.24, 2.45) is 7.05 Å². The van der Waals surface area contributed by atoms with E-state index in [9.17, 15) is 0 Å². The van der Waals surface area contributed by atoms with Crippen LogP contribution < -0.4 is 4.57 Å². The first-order valence-electron chi connectivity index (χ1n) is 9.20. The van der Waals surface area contributed by atoms with Crippen LogP contribution in [0.5, 0.6) is 0 Å². The highest BCUT2D eigenvalue weighted by Gasteiger charge is 2.13. The van der Waals surface area contributed by atoms with Gasteiger partial charge in [0.15, 0.2) is 12.4 Å². The van der Waals surface area contributed by atoms with Gasteiger partial charge in [0.2, 0.25) is 0 Å². The van der Waals surface area contributed by atoms with Gasteiger partial charge < -0.3 is 14.4 Å².